The van der Waals surface area contributed by atoms with Crippen molar-refractivity contribution < 1.29 is 40.6 Å². The molecule has 0 radical (unpaired) electrons. The molecule has 0 aliphatic rings. The van der Waals surface area contributed by atoms with Gasteiger partial charge in [-0.25, -0.2) is 9.78 Å². The van der Waals surface area contributed by atoms with Gasteiger partial charge in [0.05, 0.1) is 23.3 Å². The zero-order chi connectivity index (χ0) is 32.3. The molecule has 1 unspecified atom stereocenters. The molecule has 7 nitrogen and oxygen atoms in total. The number of anilines is 3. The summed E-state index contributed by atoms with van der Waals surface area (Å²) in [6, 6.07) is 13.9. The van der Waals surface area contributed by atoms with Crippen molar-refractivity contribution >= 4 is 34.3 Å². The molecule has 234 valence electrons. The molecule has 1 atom stereocenters. The summed E-state index contributed by atoms with van der Waals surface area (Å²) in [7, 11) is 0. The van der Waals surface area contributed by atoms with Crippen LogP contribution in [0.1, 0.15) is 44.4 Å². The molecule has 1 heterocycles. The van der Waals surface area contributed by atoms with Crippen LogP contribution in [-0.4, -0.2) is 34.2 Å². The third-order valence-corrected chi connectivity index (χ3v) is 6.11. The van der Waals surface area contributed by atoms with E-state index in [-0.39, 0.29) is 35.2 Å². The predicted molar refractivity (Wildman–Crippen MR) is 154 cm³/mol. The zero-order valence-corrected chi connectivity index (χ0v) is 24.2. The first-order valence-electron chi connectivity index (χ1n) is 13.6. The van der Waals surface area contributed by atoms with Crippen LogP contribution in [0, 0.1) is 0 Å². The number of rotatable bonds is 9. The van der Waals surface area contributed by atoms with Crippen molar-refractivity contribution in [3.8, 4) is 5.75 Å². The Kier molecular flexibility index (Phi) is 9.26. The second-order valence-electron chi connectivity index (χ2n) is 10.8. The highest BCUT2D eigenvalue weighted by molar-refractivity contribution is 5.93. The van der Waals surface area contributed by atoms with Gasteiger partial charge in [-0.2, -0.15) is 31.3 Å². The Hall–Kier alpha value is -4.55. The number of alkyl halides is 6. The Balaban J connectivity index is 1.81. The van der Waals surface area contributed by atoms with E-state index in [2.05, 4.69) is 20.6 Å². The molecule has 0 amide bonds. The number of carbonyl (C=O) groups is 1. The molecule has 1 aromatic heterocycles. The van der Waals surface area contributed by atoms with Gasteiger partial charge in [-0.15, -0.1) is 0 Å². The maximum atomic E-state index is 13.6. The maximum absolute atomic E-state index is 13.6. The third-order valence-electron chi connectivity index (χ3n) is 6.11. The number of carbonyl (C=O) groups excluding carboxylic acids is 1. The van der Waals surface area contributed by atoms with E-state index < -0.39 is 46.8 Å². The van der Waals surface area contributed by atoms with Crippen LogP contribution in [0.15, 0.2) is 66.7 Å². The highest BCUT2D eigenvalue weighted by Gasteiger charge is 2.37. The smallest absolute Gasteiger partial charge is 0.416 e. The molecule has 3 aromatic carbocycles. The van der Waals surface area contributed by atoms with Gasteiger partial charge in [-0.05, 0) is 69.7 Å². The first-order chi connectivity index (χ1) is 20.5. The summed E-state index contributed by atoms with van der Waals surface area (Å²) in [4.78, 5) is 22.1. The number of hydrogen-bond donors (Lipinski definition) is 2. The SMILES string of the molecule is CCOc1ccc2nc(NC(Cc3ccccc3)C(=O)OC(C)(C)C)nc(Nc3cc(C(F)(F)F)cc(C(F)(F)F)c3)c2c1. The number of nitrogens with zero attached hydrogens (tertiary/aromatic N) is 2. The number of nitrogens with one attached hydrogen (secondary N) is 2. The summed E-state index contributed by atoms with van der Waals surface area (Å²) in [6.07, 6.45) is -9.91. The summed E-state index contributed by atoms with van der Waals surface area (Å²) < 4.78 is 92.4. The molecule has 0 spiro atoms. The number of benzene rings is 3. The highest BCUT2D eigenvalue weighted by atomic mass is 19.4. The van der Waals surface area contributed by atoms with Gasteiger partial charge in [-0.1, -0.05) is 30.3 Å². The van der Waals surface area contributed by atoms with Crippen molar-refractivity contribution in [1.82, 2.24) is 9.97 Å². The van der Waals surface area contributed by atoms with E-state index in [1.807, 2.05) is 18.2 Å². The lowest BCUT2D eigenvalue weighted by Gasteiger charge is -2.25. The molecule has 44 heavy (non-hydrogen) atoms. The molecule has 0 bridgehead atoms. The topological polar surface area (TPSA) is 85.4 Å². The Bertz CT molecular complexity index is 1590. The Morgan fingerprint density at radius 1 is 0.864 bits per heavy atom. The molecule has 0 saturated carbocycles. The van der Waals surface area contributed by atoms with Crippen molar-refractivity contribution in [1.29, 1.82) is 0 Å². The van der Waals surface area contributed by atoms with Gasteiger partial charge in [0.1, 0.15) is 23.2 Å². The van der Waals surface area contributed by atoms with Crippen LogP contribution in [0.25, 0.3) is 10.9 Å². The Morgan fingerprint density at radius 2 is 1.50 bits per heavy atom. The van der Waals surface area contributed by atoms with Gasteiger partial charge in [0.25, 0.3) is 0 Å². The Labute approximate surface area is 249 Å². The van der Waals surface area contributed by atoms with Crippen molar-refractivity contribution in [3.63, 3.8) is 0 Å². The molecular formula is C31H30F6N4O3. The van der Waals surface area contributed by atoms with E-state index in [4.69, 9.17) is 9.47 Å². The highest BCUT2D eigenvalue weighted by Crippen LogP contribution is 2.39. The maximum Gasteiger partial charge on any atom is 0.416 e. The molecule has 2 N–H and O–H groups in total. The fraction of sp³-hybridized carbons (Fsp3) is 0.323. The lowest BCUT2D eigenvalue weighted by atomic mass is 10.1. The molecule has 0 saturated heterocycles. The number of aromatic nitrogens is 2. The fourth-order valence-electron chi connectivity index (χ4n) is 4.26. The molecular weight excluding hydrogens is 590 g/mol. The summed E-state index contributed by atoms with van der Waals surface area (Å²) in [6.45, 7) is 7.17. The minimum absolute atomic E-state index is 0.0401. The fourth-order valence-corrected chi connectivity index (χ4v) is 4.26. The van der Waals surface area contributed by atoms with Gasteiger partial charge in [0.15, 0.2) is 0 Å². The lowest BCUT2D eigenvalue weighted by Crippen LogP contribution is -2.38. The molecule has 0 aliphatic carbocycles. The summed E-state index contributed by atoms with van der Waals surface area (Å²) in [5.74, 6) is -0.463. The van der Waals surface area contributed by atoms with E-state index in [0.29, 0.717) is 24.5 Å². The van der Waals surface area contributed by atoms with Crippen LogP contribution < -0.4 is 15.4 Å². The van der Waals surface area contributed by atoms with E-state index in [0.717, 1.165) is 5.56 Å². The first kappa shape index (κ1) is 32.4. The second-order valence-corrected chi connectivity index (χ2v) is 10.8. The monoisotopic (exact) mass is 620 g/mol. The van der Waals surface area contributed by atoms with E-state index in [1.54, 1.807) is 52.0 Å². The minimum Gasteiger partial charge on any atom is -0.494 e. The summed E-state index contributed by atoms with van der Waals surface area (Å²) >= 11 is 0. The molecule has 4 rings (SSSR count). The van der Waals surface area contributed by atoms with E-state index >= 15 is 0 Å². The normalized spacial score (nSPS) is 13.0. The van der Waals surface area contributed by atoms with Crippen LogP contribution in [0.4, 0.5) is 43.8 Å². The zero-order valence-electron chi connectivity index (χ0n) is 24.2. The quantitative estimate of drug-likeness (QED) is 0.144. The molecule has 4 aromatic rings. The largest absolute Gasteiger partial charge is 0.494 e. The van der Waals surface area contributed by atoms with Crippen molar-refractivity contribution in [2.24, 2.45) is 0 Å². The summed E-state index contributed by atoms with van der Waals surface area (Å²) in [5, 5.41) is 5.81. The minimum atomic E-state index is -5.04. The number of esters is 1. The van der Waals surface area contributed by atoms with Crippen molar-refractivity contribution in [3.05, 3.63) is 83.4 Å². The Morgan fingerprint density at radius 3 is 2.07 bits per heavy atom. The molecule has 0 aliphatic heterocycles. The van der Waals surface area contributed by atoms with Crippen LogP contribution in [-0.2, 0) is 28.3 Å². The van der Waals surface area contributed by atoms with Crippen molar-refractivity contribution in [2.45, 2.75) is 58.1 Å². The number of ether oxygens (including phenoxy) is 2. The lowest BCUT2D eigenvalue weighted by molar-refractivity contribution is -0.155. The van der Waals surface area contributed by atoms with Crippen LogP contribution in [0.2, 0.25) is 0 Å². The van der Waals surface area contributed by atoms with Gasteiger partial charge in [0.2, 0.25) is 5.95 Å². The standard InChI is InChI=1S/C31H30F6N4O3/c1-5-43-22-11-12-24-23(17-22)26(38-21-15-19(30(32,33)34)14-20(16-21)31(35,36)37)41-28(39-24)40-25(27(42)44-29(2,3)4)13-18-9-7-6-8-10-18/h6-12,14-17,25H,5,13H2,1-4H3,(H2,38,39,40,41). The first-order valence-corrected chi connectivity index (χ1v) is 13.6. The van der Waals surface area contributed by atoms with Crippen LogP contribution in [0.3, 0.4) is 0 Å². The summed E-state index contributed by atoms with van der Waals surface area (Å²) in [5.41, 5.74) is -3.24. The predicted octanol–water partition coefficient (Wildman–Crippen LogP) is 8.17. The van der Waals surface area contributed by atoms with Gasteiger partial charge < -0.3 is 20.1 Å². The number of fused-ring (bicyclic) bond motifs is 1. The van der Waals surface area contributed by atoms with Gasteiger partial charge in [-0.3, -0.25) is 0 Å². The number of halogens is 6. The van der Waals surface area contributed by atoms with E-state index in [1.165, 1.54) is 6.07 Å². The van der Waals surface area contributed by atoms with E-state index in [9.17, 15) is 31.1 Å². The number of hydrogen-bond acceptors (Lipinski definition) is 7. The second kappa shape index (κ2) is 12.6. The van der Waals surface area contributed by atoms with Crippen LogP contribution in [0.5, 0.6) is 5.75 Å². The van der Waals surface area contributed by atoms with Crippen molar-refractivity contribution in [2.75, 3.05) is 17.2 Å². The third kappa shape index (κ3) is 8.51. The van der Waals surface area contributed by atoms with Gasteiger partial charge >= 0.3 is 18.3 Å². The van der Waals surface area contributed by atoms with Gasteiger partial charge in [0, 0.05) is 17.5 Å². The van der Waals surface area contributed by atoms with Crippen LogP contribution >= 0.6 is 0 Å². The average Bonchev–Trinajstić information content (AvgIpc) is 2.92. The molecule has 0 fully saturated rings. The molecule has 13 heteroatoms. The average molecular weight is 621 g/mol.